The molecule has 0 aromatic heterocycles. The van der Waals surface area contributed by atoms with Crippen molar-refractivity contribution in [2.75, 3.05) is 0 Å². The van der Waals surface area contributed by atoms with Gasteiger partial charge in [-0.2, -0.15) is 0 Å². The van der Waals surface area contributed by atoms with Crippen LogP contribution in [0, 0.1) is 0 Å². The summed E-state index contributed by atoms with van der Waals surface area (Å²) in [6.45, 7) is 2.06. The first-order valence-corrected chi connectivity index (χ1v) is 5.62. The van der Waals surface area contributed by atoms with E-state index < -0.39 is 8.60 Å². The number of hydrogen-bond acceptors (Lipinski definition) is 4. The van der Waals surface area contributed by atoms with Crippen molar-refractivity contribution in [2.24, 2.45) is 0 Å². The van der Waals surface area contributed by atoms with Crippen LogP contribution in [0.4, 0.5) is 0 Å². The summed E-state index contributed by atoms with van der Waals surface area (Å²) in [4.78, 5) is 0. The molecule has 0 radical (unpaired) electrons. The summed E-state index contributed by atoms with van der Waals surface area (Å²) in [6.07, 6.45) is 1.75. The van der Waals surface area contributed by atoms with Crippen LogP contribution >= 0.6 is 8.60 Å². The zero-order valence-corrected chi connectivity index (χ0v) is 8.51. The monoisotopic (exact) mass is 212 g/mol. The molecule has 0 saturated carbocycles. The molecule has 1 aromatic rings. The Morgan fingerprint density at radius 1 is 1.29 bits per heavy atom. The van der Waals surface area contributed by atoms with Gasteiger partial charge in [0.05, 0.1) is 0 Å². The lowest BCUT2D eigenvalue weighted by Crippen LogP contribution is -1.96. The topological polar surface area (TPSA) is 47.9 Å². The average Bonchev–Trinajstić information content (AvgIpc) is 2.70. The van der Waals surface area contributed by atoms with Gasteiger partial charge < -0.3 is 18.7 Å². The lowest BCUT2D eigenvalue weighted by molar-refractivity contribution is 0.435. The van der Waals surface area contributed by atoms with E-state index in [0.717, 1.165) is 18.4 Å². The van der Waals surface area contributed by atoms with Crippen LogP contribution in [0.25, 0.3) is 0 Å². The molecule has 2 bridgehead atoms. The van der Waals surface area contributed by atoms with Crippen LogP contribution in [-0.2, 0) is 6.42 Å². The third-order valence-electron chi connectivity index (χ3n) is 2.29. The minimum Gasteiger partial charge on any atom is -0.507 e. The predicted molar refractivity (Wildman–Crippen MR) is 50.9 cm³/mol. The molecule has 0 aliphatic carbocycles. The Kier molecular flexibility index (Phi) is 1.56. The fourth-order valence-electron chi connectivity index (χ4n) is 1.67. The van der Waals surface area contributed by atoms with Crippen LogP contribution in [-0.4, -0.2) is 5.11 Å². The van der Waals surface area contributed by atoms with Gasteiger partial charge >= 0.3 is 8.60 Å². The lowest BCUT2D eigenvalue weighted by atomic mass is 10.1. The summed E-state index contributed by atoms with van der Waals surface area (Å²) in [5.74, 6) is 2.19. The second-order valence-corrected chi connectivity index (χ2v) is 4.27. The number of phenols is 1. The van der Waals surface area contributed by atoms with Crippen LogP contribution in [0.15, 0.2) is 6.07 Å². The lowest BCUT2D eigenvalue weighted by Gasteiger charge is -2.13. The van der Waals surface area contributed by atoms with Gasteiger partial charge in [0.15, 0.2) is 11.5 Å². The van der Waals surface area contributed by atoms with E-state index in [4.69, 9.17) is 13.6 Å². The number of fused-ring (bicyclic) bond motifs is 1. The van der Waals surface area contributed by atoms with E-state index in [0.29, 0.717) is 17.2 Å². The summed E-state index contributed by atoms with van der Waals surface area (Å²) < 4.78 is 16.0. The summed E-state index contributed by atoms with van der Waals surface area (Å²) >= 11 is 0. The first kappa shape index (κ1) is 8.18. The van der Waals surface area contributed by atoms with E-state index in [2.05, 4.69) is 6.92 Å². The second kappa shape index (κ2) is 2.67. The predicted octanol–water partition coefficient (Wildman–Crippen LogP) is 2.74. The molecule has 74 valence electrons. The van der Waals surface area contributed by atoms with Crippen LogP contribution in [0.2, 0.25) is 0 Å². The quantitative estimate of drug-likeness (QED) is 0.765. The van der Waals surface area contributed by atoms with E-state index in [-0.39, 0.29) is 5.75 Å². The maximum Gasteiger partial charge on any atom is 0.530 e. The van der Waals surface area contributed by atoms with Gasteiger partial charge in [0.25, 0.3) is 0 Å². The molecule has 5 heteroatoms. The minimum absolute atomic E-state index is 0.237. The second-order valence-electron chi connectivity index (χ2n) is 3.28. The SMILES string of the molecule is CCCc1c(O)cc2c3c1OP(O2)O3. The molecule has 1 atom stereocenters. The highest BCUT2D eigenvalue weighted by molar-refractivity contribution is 7.44. The maximum atomic E-state index is 9.70. The molecule has 2 aliphatic rings. The fourth-order valence-corrected chi connectivity index (χ4v) is 2.74. The molecule has 3 rings (SSSR count). The minimum atomic E-state index is -1.25. The Bertz CT molecular complexity index is 404. The van der Waals surface area contributed by atoms with Crippen molar-refractivity contribution in [3.63, 3.8) is 0 Å². The summed E-state index contributed by atoms with van der Waals surface area (Å²) in [5, 5.41) is 9.70. The van der Waals surface area contributed by atoms with E-state index >= 15 is 0 Å². The smallest absolute Gasteiger partial charge is 0.507 e. The number of benzene rings is 1. The highest BCUT2D eigenvalue weighted by atomic mass is 31.2. The van der Waals surface area contributed by atoms with Crippen molar-refractivity contribution in [1.29, 1.82) is 0 Å². The Morgan fingerprint density at radius 3 is 2.79 bits per heavy atom. The first-order chi connectivity index (χ1) is 6.79. The van der Waals surface area contributed by atoms with Crippen LogP contribution in [0.3, 0.4) is 0 Å². The van der Waals surface area contributed by atoms with E-state index in [1.54, 1.807) is 6.07 Å². The third kappa shape index (κ3) is 0.919. The Labute approximate surface area is 82.4 Å². The highest BCUT2D eigenvalue weighted by Crippen LogP contribution is 2.66. The molecule has 0 saturated heterocycles. The molecule has 0 spiro atoms. The van der Waals surface area contributed by atoms with Gasteiger partial charge in [0.1, 0.15) is 5.75 Å². The molecule has 0 amide bonds. The zero-order valence-electron chi connectivity index (χ0n) is 7.61. The standard InChI is InChI=1S/C9H9O4P/c1-2-3-5-6(10)4-7-9-8(5)12-14(11-7)13-9/h4,10H,2-3H2,1H3. The molecule has 0 fully saturated rings. The molecule has 2 heterocycles. The van der Waals surface area contributed by atoms with Crippen molar-refractivity contribution in [2.45, 2.75) is 19.8 Å². The Hall–Kier alpha value is -1.15. The van der Waals surface area contributed by atoms with Gasteiger partial charge in [0, 0.05) is 11.6 Å². The summed E-state index contributed by atoms with van der Waals surface area (Å²) in [5.41, 5.74) is 0.833. The number of rotatable bonds is 2. The first-order valence-electron chi connectivity index (χ1n) is 4.52. The average molecular weight is 212 g/mol. The molecule has 4 nitrogen and oxygen atoms in total. The van der Waals surface area contributed by atoms with Crippen LogP contribution < -0.4 is 13.6 Å². The normalized spacial score (nSPS) is 20.2. The van der Waals surface area contributed by atoms with E-state index in [1.165, 1.54) is 0 Å². The van der Waals surface area contributed by atoms with Crippen molar-refractivity contribution >= 4 is 8.60 Å². The van der Waals surface area contributed by atoms with Crippen LogP contribution in [0.5, 0.6) is 23.0 Å². The Morgan fingerprint density at radius 2 is 2.07 bits per heavy atom. The number of hydrogen-bond donors (Lipinski definition) is 1. The van der Waals surface area contributed by atoms with Gasteiger partial charge in [0.2, 0.25) is 5.75 Å². The van der Waals surface area contributed by atoms with E-state index in [1.807, 2.05) is 0 Å². The van der Waals surface area contributed by atoms with Crippen molar-refractivity contribution < 1.29 is 18.7 Å². The molecular weight excluding hydrogens is 203 g/mol. The number of phenolic OH excluding ortho intramolecular Hbond substituents is 1. The van der Waals surface area contributed by atoms with Gasteiger partial charge in [-0.05, 0) is 6.42 Å². The van der Waals surface area contributed by atoms with Gasteiger partial charge in [-0.3, -0.25) is 0 Å². The van der Waals surface area contributed by atoms with Crippen molar-refractivity contribution in [3.8, 4) is 23.0 Å². The maximum absolute atomic E-state index is 9.70. The largest absolute Gasteiger partial charge is 0.530 e. The molecule has 1 aromatic carbocycles. The van der Waals surface area contributed by atoms with Crippen molar-refractivity contribution in [3.05, 3.63) is 11.6 Å². The molecule has 1 unspecified atom stereocenters. The van der Waals surface area contributed by atoms with Gasteiger partial charge in [-0.1, -0.05) is 13.3 Å². The summed E-state index contributed by atoms with van der Waals surface area (Å²) in [7, 11) is -1.25. The van der Waals surface area contributed by atoms with Gasteiger partial charge in [-0.15, -0.1) is 0 Å². The van der Waals surface area contributed by atoms with Crippen LogP contribution in [0.1, 0.15) is 18.9 Å². The molecule has 2 aliphatic heterocycles. The third-order valence-corrected chi connectivity index (χ3v) is 3.29. The van der Waals surface area contributed by atoms with Crippen molar-refractivity contribution in [1.82, 2.24) is 0 Å². The highest BCUT2D eigenvalue weighted by Gasteiger charge is 2.43. The van der Waals surface area contributed by atoms with E-state index in [9.17, 15) is 5.11 Å². The molecule has 1 N–H and O–H groups in total. The summed E-state index contributed by atoms with van der Waals surface area (Å²) in [6, 6.07) is 1.61. The zero-order chi connectivity index (χ0) is 9.71. The molecule has 14 heavy (non-hydrogen) atoms. The Balaban J connectivity index is 2.18. The number of aromatic hydroxyl groups is 1. The fraction of sp³-hybridized carbons (Fsp3) is 0.333. The molecular formula is C9H9O4P. The van der Waals surface area contributed by atoms with Gasteiger partial charge in [-0.25, -0.2) is 0 Å².